The quantitative estimate of drug-likeness (QED) is 0.389. The molecular weight excluding hydrogens is 152 g/mol. The summed E-state index contributed by atoms with van der Waals surface area (Å²) in [5, 5.41) is 8.44. The first-order valence-electron chi connectivity index (χ1n) is 2.98. The van der Waals surface area contributed by atoms with E-state index in [1.54, 1.807) is 0 Å². The van der Waals surface area contributed by atoms with E-state index in [-0.39, 0.29) is 0 Å². The second kappa shape index (κ2) is 5.96. The van der Waals surface area contributed by atoms with Crippen LogP contribution < -0.4 is 0 Å². The third kappa shape index (κ3) is 3.82. The molecular formula is C6H10O5. The summed E-state index contributed by atoms with van der Waals surface area (Å²) >= 11 is 0. The number of aliphatic hydroxyl groups is 1. The van der Waals surface area contributed by atoms with Crippen molar-refractivity contribution in [3.63, 3.8) is 0 Å². The van der Waals surface area contributed by atoms with Crippen LogP contribution >= 0.6 is 0 Å². The topological polar surface area (TPSA) is 72.8 Å². The first kappa shape index (κ1) is 10.2. The standard InChI is InChI=1S/C6H10O5/c1-10-6(4-9)11-5(2-7)3-8/h2,4-6,8H,3H2,1H3/t5-,6-/m1/s1. The predicted octanol–water partition coefficient (Wildman–Crippen LogP) is -1.27. The molecule has 0 amide bonds. The maximum Gasteiger partial charge on any atom is 0.215 e. The maximum absolute atomic E-state index is 10.1. The molecule has 2 atom stereocenters. The van der Waals surface area contributed by atoms with Crippen LogP contribution in [-0.4, -0.2) is 43.8 Å². The third-order valence-corrected chi connectivity index (χ3v) is 0.984. The molecule has 0 aliphatic carbocycles. The SMILES string of the molecule is CO[C@@H](C=O)O[C@H](C=O)CO. The second-order valence-electron chi connectivity index (χ2n) is 1.73. The number of carbonyl (C=O) groups is 2. The van der Waals surface area contributed by atoms with E-state index >= 15 is 0 Å². The lowest BCUT2D eigenvalue weighted by Gasteiger charge is -2.12. The number of aliphatic hydroxyl groups excluding tert-OH is 1. The van der Waals surface area contributed by atoms with Crippen LogP contribution in [0.4, 0.5) is 0 Å². The molecule has 0 aromatic rings. The molecule has 0 aliphatic heterocycles. The maximum atomic E-state index is 10.1. The molecule has 1 N–H and O–H groups in total. The summed E-state index contributed by atoms with van der Waals surface area (Å²) in [5.41, 5.74) is 0. The Morgan fingerprint density at radius 1 is 1.45 bits per heavy atom. The normalized spacial score (nSPS) is 15.5. The van der Waals surface area contributed by atoms with Crippen LogP contribution in [0.15, 0.2) is 0 Å². The van der Waals surface area contributed by atoms with E-state index < -0.39 is 19.0 Å². The van der Waals surface area contributed by atoms with Gasteiger partial charge >= 0.3 is 0 Å². The van der Waals surface area contributed by atoms with Gasteiger partial charge in [0.25, 0.3) is 0 Å². The van der Waals surface area contributed by atoms with Gasteiger partial charge in [0, 0.05) is 7.11 Å². The van der Waals surface area contributed by atoms with E-state index in [9.17, 15) is 9.59 Å². The van der Waals surface area contributed by atoms with Crippen LogP contribution in [0.5, 0.6) is 0 Å². The van der Waals surface area contributed by atoms with E-state index in [2.05, 4.69) is 9.47 Å². The lowest BCUT2D eigenvalue weighted by Crippen LogP contribution is -2.28. The van der Waals surface area contributed by atoms with Crippen molar-refractivity contribution in [2.45, 2.75) is 12.4 Å². The fourth-order valence-corrected chi connectivity index (χ4v) is 0.434. The van der Waals surface area contributed by atoms with Crippen LogP contribution in [0.2, 0.25) is 0 Å². The highest BCUT2D eigenvalue weighted by molar-refractivity contribution is 5.58. The largest absolute Gasteiger partial charge is 0.393 e. The van der Waals surface area contributed by atoms with Crippen LogP contribution in [0.1, 0.15) is 0 Å². The van der Waals surface area contributed by atoms with E-state index in [0.29, 0.717) is 12.6 Å². The molecule has 0 aliphatic rings. The van der Waals surface area contributed by atoms with Crippen molar-refractivity contribution in [3.05, 3.63) is 0 Å². The van der Waals surface area contributed by atoms with E-state index in [1.807, 2.05) is 0 Å². The van der Waals surface area contributed by atoms with Gasteiger partial charge in [-0.1, -0.05) is 0 Å². The molecule has 0 aromatic carbocycles. The summed E-state index contributed by atoms with van der Waals surface area (Å²) in [5.74, 6) is 0. The Kier molecular flexibility index (Phi) is 5.54. The lowest BCUT2D eigenvalue weighted by atomic mass is 10.4. The first-order chi connectivity index (χ1) is 5.28. The van der Waals surface area contributed by atoms with Gasteiger partial charge in [-0.15, -0.1) is 0 Å². The van der Waals surface area contributed by atoms with Crippen LogP contribution in [0.25, 0.3) is 0 Å². The van der Waals surface area contributed by atoms with Crippen molar-refractivity contribution in [1.29, 1.82) is 0 Å². The van der Waals surface area contributed by atoms with Crippen molar-refractivity contribution < 1.29 is 24.2 Å². The Labute approximate surface area is 63.9 Å². The molecule has 0 rings (SSSR count). The minimum Gasteiger partial charge on any atom is -0.393 e. The Morgan fingerprint density at radius 2 is 2.09 bits per heavy atom. The monoisotopic (exact) mass is 162 g/mol. The summed E-state index contributed by atoms with van der Waals surface area (Å²) < 4.78 is 9.11. The fourth-order valence-electron chi connectivity index (χ4n) is 0.434. The van der Waals surface area contributed by atoms with Crippen molar-refractivity contribution >= 4 is 12.6 Å². The zero-order valence-corrected chi connectivity index (χ0v) is 6.10. The van der Waals surface area contributed by atoms with Crippen LogP contribution in [0, 0.1) is 0 Å². The number of methoxy groups -OCH3 is 1. The molecule has 64 valence electrons. The number of carbonyl (C=O) groups excluding carboxylic acids is 2. The molecule has 0 radical (unpaired) electrons. The highest BCUT2D eigenvalue weighted by Crippen LogP contribution is 1.93. The summed E-state index contributed by atoms with van der Waals surface area (Å²) in [6, 6.07) is 0. The summed E-state index contributed by atoms with van der Waals surface area (Å²) in [4.78, 5) is 20.1. The molecule has 0 fully saturated rings. The first-order valence-corrected chi connectivity index (χ1v) is 2.98. The van der Waals surface area contributed by atoms with Crippen molar-refractivity contribution in [3.8, 4) is 0 Å². The van der Waals surface area contributed by atoms with Gasteiger partial charge in [0.15, 0.2) is 12.6 Å². The van der Waals surface area contributed by atoms with Gasteiger partial charge in [0.05, 0.1) is 6.61 Å². The predicted molar refractivity (Wildman–Crippen MR) is 34.9 cm³/mol. The highest BCUT2D eigenvalue weighted by Gasteiger charge is 2.12. The Balaban J connectivity index is 3.76. The number of aldehydes is 2. The van der Waals surface area contributed by atoms with Gasteiger partial charge < -0.3 is 19.4 Å². The van der Waals surface area contributed by atoms with Gasteiger partial charge in [-0.05, 0) is 0 Å². The fraction of sp³-hybridized carbons (Fsp3) is 0.667. The average Bonchev–Trinajstić information content (AvgIpc) is 2.07. The van der Waals surface area contributed by atoms with E-state index in [0.717, 1.165) is 0 Å². The van der Waals surface area contributed by atoms with Gasteiger partial charge in [0.2, 0.25) is 6.29 Å². The van der Waals surface area contributed by atoms with Gasteiger partial charge in [-0.2, -0.15) is 0 Å². The van der Waals surface area contributed by atoms with Crippen LogP contribution in [0.3, 0.4) is 0 Å². The Morgan fingerprint density at radius 3 is 2.36 bits per heavy atom. The van der Waals surface area contributed by atoms with Gasteiger partial charge in [-0.25, -0.2) is 0 Å². The minimum absolute atomic E-state index is 0.395. The van der Waals surface area contributed by atoms with Gasteiger partial charge in [0.1, 0.15) is 6.10 Å². The van der Waals surface area contributed by atoms with E-state index in [4.69, 9.17) is 5.11 Å². The zero-order valence-electron chi connectivity index (χ0n) is 6.10. The average molecular weight is 162 g/mol. The molecule has 5 nitrogen and oxygen atoms in total. The summed E-state index contributed by atoms with van der Waals surface area (Å²) in [6.45, 7) is -0.461. The molecule has 0 unspecified atom stereocenters. The summed E-state index contributed by atoms with van der Waals surface area (Å²) in [7, 11) is 1.26. The Hall–Kier alpha value is -0.780. The van der Waals surface area contributed by atoms with Crippen molar-refractivity contribution in [1.82, 2.24) is 0 Å². The van der Waals surface area contributed by atoms with Crippen molar-refractivity contribution in [2.75, 3.05) is 13.7 Å². The summed E-state index contributed by atoms with van der Waals surface area (Å²) in [6.07, 6.45) is -1.29. The molecule has 0 heterocycles. The highest BCUT2D eigenvalue weighted by atomic mass is 16.7. The van der Waals surface area contributed by atoms with Gasteiger partial charge in [-0.3, -0.25) is 4.79 Å². The van der Waals surface area contributed by atoms with E-state index in [1.165, 1.54) is 7.11 Å². The third-order valence-electron chi connectivity index (χ3n) is 0.984. The zero-order chi connectivity index (χ0) is 8.69. The molecule has 0 saturated carbocycles. The van der Waals surface area contributed by atoms with Crippen molar-refractivity contribution in [2.24, 2.45) is 0 Å². The second-order valence-corrected chi connectivity index (χ2v) is 1.73. The smallest absolute Gasteiger partial charge is 0.215 e. The number of ether oxygens (including phenoxy) is 2. The molecule has 0 bridgehead atoms. The van der Waals surface area contributed by atoms with Crippen LogP contribution in [-0.2, 0) is 19.1 Å². The number of hydrogen-bond acceptors (Lipinski definition) is 5. The number of hydrogen-bond donors (Lipinski definition) is 1. The molecule has 11 heavy (non-hydrogen) atoms. The molecule has 0 spiro atoms. The Bertz CT molecular complexity index is 110. The molecule has 0 aromatic heterocycles. The number of rotatable bonds is 6. The minimum atomic E-state index is -1.09. The molecule has 5 heteroatoms. The molecule has 0 saturated heterocycles. The lowest BCUT2D eigenvalue weighted by molar-refractivity contribution is -0.169.